The normalized spacial score (nSPS) is 20.5. The summed E-state index contributed by atoms with van der Waals surface area (Å²) in [5, 5.41) is 0.872. The standard InChI is InChI=1S/C12H8BrF2IN2O/c13-8-1-6-4-17-11(18-10(6)2-9(8)16)19-5-7-3-12(7,14)15/h1-2,4,7H,3,5H2/t7-/m1/s1. The lowest BCUT2D eigenvalue weighted by atomic mass is 10.2. The number of ether oxygens (including phenoxy) is 1. The van der Waals surface area contributed by atoms with Gasteiger partial charge in [-0.05, 0) is 50.7 Å². The minimum atomic E-state index is -2.57. The van der Waals surface area contributed by atoms with E-state index in [4.69, 9.17) is 4.74 Å². The van der Waals surface area contributed by atoms with Crippen molar-refractivity contribution in [3.05, 3.63) is 26.4 Å². The van der Waals surface area contributed by atoms with Crippen molar-refractivity contribution >= 4 is 49.4 Å². The van der Waals surface area contributed by atoms with Gasteiger partial charge in [0.05, 0.1) is 11.4 Å². The predicted octanol–water partition coefficient (Wildman–Crippen LogP) is 4.03. The van der Waals surface area contributed by atoms with Crippen LogP contribution in [0.3, 0.4) is 0 Å². The van der Waals surface area contributed by atoms with Crippen LogP contribution in [0.15, 0.2) is 22.8 Å². The van der Waals surface area contributed by atoms with Crippen LogP contribution in [0.2, 0.25) is 0 Å². The summed E-state index contributed by atoms with van der Waals surface area (Å²) in [7, 11) is 0. The lowest BCUT2D eigenvalue weighted by Gasteiger charge is -2.05. The molecule has 1 fully saturated rings. The second-order valence-corrected chi connectivity index (χ2v) is 6.47. The molecule has 1 saturated carbocycles. The third kappa shape index (κ3) is 2.81. The molecule has 0 N–H and O–H groups in total. The number of rotatable bonds is 3. The molecule has 1 heterocycles. The van der Waals surface area contributed by atoms with Gasteiger partial charge in [-0.25, -0.2) is 13.8 Å². The van der Waals surface area contributed by atoms with Crippen molar-refractivity contribution in [1.29, 1.82) is 0 Å². The van der Waals surface area contributed by atoms with Gasteiger partial charge in [0.1, 0.15) is 6.61 Å². The molecule has 19 heavy (non-hydrogen) atoms. The Hall–Kier alpha value is -0.570. The zero-order valence-electron chi connectivity index (χ0n) is 9.54. The molecule has 3 nitrogen and oxygen atoms in total. The van der Waals surface area contributed by atoms with E-state index in [1.807, 2.05) is 12.1 Å². The van der Waals surface area contributed by atoms with Crippen molar-refractivity contribution in [1.82, 2.24) is 9.97 Å². The van der Waals surface area contributed by atoms with Gasteiger partial charge in [-0.3, -0.25) is 0 Å². The smallest absolute Gasteiger partial charge is 0.316 e. The summed E-state index contributed by atoms with van der Waals surface area (Å²) < 4.78 is 32.7. The Morgan fingerprint density at radius 2 is 2.21 bits per heavy atom. The molecule has 0 unspecified atom stereocenters. The summed E-state index contributed by atoms with van der Waals surface area (Å²) >= 11 is 5.61. The van der Waals surface area contributed by atoms with Crippen LogP contribution < -0.4 is 4.74 Å². The minimum absolute atomic E-state index is 0.0356. The first-order chi connectivity index (χ1) is 8.95. The van der Waals surface area contributed by atoms with Crippen LogP contribution in [0.5, 0.6) is 6.01 Å². The highest BCUT2D eigenvalue weighted by atomic mass is 127. The Labute approximate surface area is 130 Å². The quantitative estimate of drug-likeness (QED) is 0.676. The number of benzene rings is 1. The first-order valence-electron chi connectivity index (χ1n) is 5.58. The van der Waals surface area contributed by atoms with Crippen molar-refractivity contribution in [2.75, 3.05) is 6.61 Å². The second kappa shape index (κ2) is 4.76. The van der Waals surface area contributed by atoms with Crippen molar-refractivity contribution in [2.45, 2.75) is 12.3 Å². The van der Waals surface area contributed by atoms with E-state index in [1.165, 1.54) is 0 Å². The van der Waals surface area contributed by atoms with E-state index in [9.17, 15) is 8.78 Å². The van der Waals surface area contributed by atoms with Gasteiger partial charge in [-0.15, -0.1) is 0 Å². The molecule has 0 radical (unpaired) electrons. The topological polar surface area (TPSA) is 35.0 Å². The molecule has 2 aromatic rings. The van der Waals surface area contributed by atoms with Crippen LogP contribution in [0.1, 0.15) is 6.42 Å². The maximum absolute atomic E-state index is 12.7. The average Bonchev–Trinajstić information content (AvgIpc) is 2.96. The van der Waals surface area contributed by atoms with E-state index in [1.54, 1.807) is 6.20 Å². The zero-order valence-corrected chi connectivity index (χ0v) is 13.3. The fraction of sp³-hybridized carbons (Fsp3) is 0.333. The number of hydrogen-bond donors (Lipinski definition) is 0. The molecule has 1 aliphatic rings. The van der Waals surface area contributed by atoms with E-state index in [-0.39, 0.29) is 19.0 Å². The van der Waals surface area contributed by atoms with Gasteiger partial charge in [-0.1, -0.05) is 0 Å². The molecule has 0 spiro atoms. The highest BCUT2D eigenvalue weighted by Gasteiger charge is 2.57. The lowest BCUT2D eigenvalue weighted by molar-refractivity contribution is 0.0843. The molecule has 3 rings (SSSR count). The highest BCUT2D eigenvalue weighted by Crippen LogP contribution is 2.48. The van der Waals surface area contributed by atoms with Crippen molar-refractivity contribution < 1.29 is 13.5 Å². The first-order valence-corrected chi connectivity index (χ1v) is 7.45. The SMILES string of the molecule is FC1(F)C[C@@H]1COc1ncc2cc(Br)c(I)cc2n1. The molecule has 1 atom stereocenters. The Bertz CT molecular complexity index is 653. The summed E-state index contributed by atoms with van der Waals surface area (Å²) in [5.41, 5.74) is 0.736. The Balaban J connectivity index is 1.79. The predicted molar refractivity (Wildman–Crippen MR) is 78.5 cm³/mol. The van der Waals surface area contributed by atoms with Crippen LogP contribution in [-0.4, -0.2) is 22.5 Å². The summed E-state index contributed by atoms with van der Waals surface area (Å²) in [4.78, 5) is 8.24. The summed E-state index contributed by atoms with van der Waals surface area (Å²) in [5.74, 6) is -3.27. The summed E-state index contributed by atoms with van der Waals surface area (Å²) in [6.07, 6.45) is 1.52. The van der Waals surface area contributed by atoms with Crippen LogP contribution in [0.4, 0.5) is 8.78 Å². The molecule has 0 bridgehead atoms. The van der Waals surface area contributed by atoms with Gasteiger partial charge >= 0.3 is 6.01 Å². The Morgan fingerprint density at radius 1 is 1.47 bits per heavy atom. The molecule has 0 saturated heterocycles. The largest absolute Gasteiger partial charge is 0.463 e. The van der Waals surface area contributed by atoms with Gasteiger partial charge in [0, 0.05) is 26.0 Å². The number of nitrogens with zero attached hydrogens (tertiary/aromatic N) is 2. The number of fused-ring (bicyclic) bond motifs is 1. The molecule has 1 aromatic heterocycles. The van der Waals surface area contributed by atoms with Crippen LogP contribution in [0.25, 0.3) is 10.9 Å². The van der Waals surface area contributed by atoms with Crippen LogP contribution >= 0.6 is 38.5 Å². The molecule has 0 aliphatic heterocycles. The molecule has 100 valence electrons. The summed E-state index contributed by atoms with van der Waals surface area (Å²) in [6.45, 7) is -0.0356. The fourth-order valence-corrected chi connectivity index (χ4v) is 2.52. The monoisotopic (exact) mass is 440 g/mol. The van der Waals surface area contributed by atoms with Gasteiger partial charge in [0.25, 0.3) is 5.92 Å². The molecule has 7 heteroatoms. The fourth-order valence-electron chi connectivity index (χ4n) is 1.70. The molecular weight excluding hydrogens is 433 g/mol. The maximum atomic E-state index is 12.7. The van der Waals surface area contributed by atoms with Crippen molar-refractivity contribution in [2.24, 2.45) is 5.92 Å². The Morgan fingerprint density at radius 3 is 2.89 bits per heavy atom. The maximum Gasteiger partial charge on any atom is 0.316 e. The van der Waals surface area contributed by atoms with Crippen LogP contribution in [-0.2, 0) is 0 Å². The third-order valence-corrected chi connectivity index (χ3v) is 5.26. The number of hydrogen-bond acceptors (Lipinski definition) is 3. The lowest BCUT2D eigenvalue weighted by Crippen LogP contribution is -2.07. The summed E-state index contributed by atoms with van der Waals surface area (Å²) in [6, 6.07) is 3.95. The van der Waals surface area contributed by atoms with E-state index < -0.39 is 11.8 Å². The Kier molecular flexibility index (Phi) is 3.36. The number of alkyl halides is 2. The van der Waals surface area contributed by atoms with E-state index in [0.29, 0.717) is 0 Å². The first kappa shape index (κ1) is 13.4. The van der Waals surface area contributed by atoms with Crippen LogP contribution in [0, 0.1) is 9.49 Å². The van der Waals surface area contributed by atoms with E-state index >= 15 is 0 Å². The van der Waals surface area contributed by atoms with Crippen molar-refractivity contribution in [3.63, 3.8) is 0 Å². The minimum Gasteiger partial charge on any atom is -0.463 e. The van der Waals surface area contributed by atoms with Gasteiger partial charge in [0.15, 0.2) is 0 Å². The number of aromatic nitrogens is 2. The van der Waals surface area contributed by atoms with Gasteiger partial charge in [0.2, 0.25) is 0 Å². The van der Waals surface area contributed by atoms with Gasteiger partial charge < -0.3 is 4.74 Å². The third-order valence-electron chi connectivity index (χ3n) is 2.97. The number of halogens is 4. The second-order valence-electron chi connectivity index (χ2n) is 4.45. The van der Waals surface area contributed by atoms with Gasteiger partial charge in [-0.2, -0.15) is 4.98 Å². The molecule has 0 amide bonds. The molecule has 1 aliphatic carbocycles. The molecule has 1 aromatic carbocycles. The van der Waals surface area contributed by atoms with E-state index in [2.05, 4.69) is 48.5 Å². The highest BCUT2D eigenvalue weighted by molar-refractivity contribution is 14.1. The average molecular weight is 441 g/mol. The zero-order chi connectivity index (χ0) is 13.6. The van der Waals surface area contributed by atoms with E-state index in [0.717, 1.165) is 18.9 Å². The molecular formula is C12H8BrF2IN2O. The van der Waals surface area contributed by atoms with Crippen molar-refractivity contribution in [3.8, 4) is 6.01 Å².